The van der Waals surface area contributed by atoms with Crippen LogP contribution < -0.4 is 0 Å². The van der Waals surface area contributed by atoms with Crippen LogP contribution >= 0.6 is 11.8 Å². The number of aliphatic imine (C=N–C) groups is 1. The van der Waals surface area contributed by atoms with Gasteiger partial charge in [-0.3, -0.25) is 19.8 Å². The summed E-state index contributed by atoms with van der Waals surface area (Å²) in [6.07, 6.45) is 0.620. The van der Waals surface area contributed by atoms with E-state index in [1.54, 1.807) is 26.0 Å². The molecule has 0 saturated carbocycles. The van der Waals surface area contributed by atoms with E-state index >= 15 is 0 Å². The number of hydrogen-bond donors (Lipinski definition) is 0. The first kappa shape index (κ1) is 19.1. The highest BCUT2D eigenvalue weighted by molar-refractivity contribution is 8.15. The Morgan fingerprint density at radius 2 is 2.15 bits per heavy atom. The summed E-state index contributed by atoms with van der Waals surface area (Å²) in [6.45, 7) is 5.46. The molecule has 9 heteroatoms. The maximum atomic E-state index is 12.9. The second kappa shape index (κ2) is 7.51. The van der Waals surface area contributed by atoms with Gasteiger partial charge in [0.1, 0.15) is 0 Å². The number of rotatable bonds is 5. The molecule has 8 nitrogen and oxygen atoms in total. The lowest BCUT2D eigenvalue weighted by atomic mass is 9.94. The lowest BCUT2D eigenvalue weighted by Crippen LogP contribution is -2.40. The van der Waals surface area contributed by atoms with Crippen LogP contribution in [0.5, 0.6) is 0 Å². The van der Waals surface area contributed by atoms with E-state index in [0.29, 0.717) is 22.8 Å². The molecular weight excluding hydrogens is 370 g/mol. The van der Waals surface area contributed by atoms with Gasteiger partial charge in [-0.05, 0) is 25.8 Å². The van der Waals surface area contributed by atoms with Crippen molar-refractivity contribution >= 4 is 34.5 Å². The molecule has 142 valence electrons. The molecule has 0 N–H and O–H groups in total. The molecule has 2 aliphatic heterocycles. The van der Waals surface area contributed by atoms with Crippen molar-refractivity contribution in [1.29, 1.82) is 0 Å². The van der Waals surface area contributed by atoms with E-state index in [1.165, 1.54) is 28.8 Å². The monoisotopic (exact) mass is 389 g/mol. The predicted molar refractivity (Wildman–Crippen MR) is 101 cm³/mol. The molecule has 1 aromatic rings. The normalized spacial score (nSPS) is 21.8. The second-order valence-corrected chi connectivity index (χ2v) is 7.26. The van der Waals surface area contributed by atoms with E-state index in [9.17, 15) is 19.7 Å². The van der Waals surface area contributed by atoms with Gasteiger partial charge in [0.15, 0.2) is 5.17 Å². The Bertz CT molecular complexity index is 880. The number of nitro benzene ring substituents is 1. The van der Waals surface area contributed by atoms with Crippen molar-refractivity contribution < 1.29 is 19.2 Å². The summed E-state index contributed by atoms with van der Waals surface area (Å²) in [6, 6.07) is 5.18. The molecule has 2 aliphatic rings. The van der Waals surface area contributed by atoms with Crippen LogP contribution in [0.25, 0.3) is 0 Å². The molecule has 2 unspecified atom stereocenters. The van der Waals surface area contributed by atoms with Crippen LogP contribution in [0.1, 0.15) is 38.8 Å². The SMILES string of the molecule is CCOC(=O)C1=C(C)N=C2SC(CC)C(=O)N2C1c1cccc([N+](=O)[O-])c1. The maximum absolute atomic E-state index is 12.9. The number of nitro groups is 1. The first-order valence-corrected chi connectivity index (χ1v) is 9.47. The number of amidine groups is 1. The number of non-ortho nitro benzene ring substituents is 1. The van der Waals surface area contributed by atoms with Crippen molar-refractivity contribution in [2.75, 3.05) is 6.61 Å². The lowest BCUT2D eigenvalue weighted by molar-refractivity contribution is -0.384. The highest BCUT2D eigenvalue weighted by Gasteiger charge is 2.47. The number of benzene rings is 1. The Kier molecular flexibility index (Phi) is 5.31. The summed E-state index contributed by atoms with van der Waals surface area (Å²) in [7, 11) is 0. The zero-order valence-corrected chi connectivity index (χ0v) is 16.0. The van der Waals surface area contributed by atoms with Gasteiger partial charge in [0.25, 0.3) is 5.69 Å². The Morgan fingerprint density at radius 3 is 2.78 bits per heavy atom. The van der Waals surface area contributed by atoms with Gasteiger partial charge in [-0.25, -0.2) is 9.79 Å². The number of ether oxygens (including phenoxy) is 1. The molecule has 0 radical (unpaired) electrons. The third-order valence-electron chi connectivity index (χ3n) is 4.41. The van der Waals surface area contributed by atoms with E-state index in [0.717, 1.165) is 0 Å². The number of amides is 1. The molecule has 2 atom stereocenters. The highest BCUT2D eigenvalue weighted by atomic mass is 32.2. The number of thioether (sulfide) groups is 1. The van der Waals surface area contributed by atoms with E-state index in [-0.39, 0.29) is 29.0 Å². The second-order valence-electron chi connectivity index (χ2n) is 6.09. The molecule has 0 aromatic heterocycles. The molecule has 1 saturated heterocycles. The average Bonchev–Trinajstić information content (AvgIpc) is 2.96. The molecule has 0 spiro atoms. The van der Waals surface area contributed by atoms with Crippen LogP contribution in [0, 0.1) is 10.1 Å². The Balaban J connectivity index is 2.16. The van der Waals surface area contributed by atoms with E-state index in [1.807, 2.05) is 6.92 Å². The molecule has 1 fully saturated rings. The smallest absolute Gasteiger partial charge is 0.338 e. The van der Waals surface area contributed by atoms with Gasteiger partial charge in [0, 0.05) is 12.1 Å². The topological polar surface area (TPSA) is 102 Å². The van der Waals surface area contributed by atoms with E-state index in [4.69, 9.17) is 4.74 Å². The summed E-state index contributed by atoms with van der Waals surface area (Å²) in [4.78, 5) is 42.2. The largest absolute Gasteiger partial charge is 0.463 e. The quantitative estimate of drug-likeness (QED) is 0.435. The van der Waals surface area contributed by atoms with Crippen molar-refractivity contribution in [3.05, 3.63) is 51.2 Å². The number of carbonyl (C=O) groups excluding carboxylic acids is 2. The van der Waals surface area contributed by atoms with Crippen molar-refractivity contribution in [2.45, 2.75) is 38.5 Å². The highest BCUT2D eigenvalue weighted by Crippen LogP contribution is 2.44. The van der Waals surface area contributed by atoms with Crippen molar-refractivity contribution in [2.24, 2.45) is 4.99 Å². The minimum absolute atomic E-state index is 0.108. The zero-order chi connectivity index (χ0) is 19.7. The lowest BCUT2D eigenvalue weighted by Gasteiger charge is -2.32. The van der Waals surface area contributed by atoms with Crippen molar-refractivity contribution in [3.8, 4) is 0 Å². The van der Waals surface area contributed by atoms with Crippen LogP contribution in [-0.4, -0.2) is 38.7 Å². The summed E-state index contributed by atoms with van der Waals surface area (Å²) < 4.78 is 5.17. The van der Waals surface area contributed by atoms with E-state index < -0.39 is 16.9 Å². The molecule has 1 aromatic carbocycles. The Hall–Kier alpha value is -2.68. The molecular formula is C18H19N3O5S. The van der Waals surface area contributed by atoms with Crippen LogP contribution in [0.3, 0.4) is 0 Å². The van der Waals surface area contributed by atoms with Gasteiger partial charge in [-0.15, -0.1) is 0 Å². The summed E-state index contributed by atoms with van der Waals surface area (Å²) >= 11 is 1.35. The fourth-order valence-electron chi connectivity index (χ4n) is 3.18. The van der Waals surface area contributed by atoms with Gasteiger partial charge in [-0.1, -0.05) is 30.8 Å². The van der Waals surface area contributed by atoms with Crippen LogP contribution in [0.2, 0.25) is 0 Å². The van der Waals surface area contributed by atoms with Crippen molar-refractivity contribution in [3.63, 3.8) is 0 Å². The van der Waals surface area contributed by atoms with E-state index in [2.05, 4.69) is 4.99 Å². The molecule has 3 rings (SSSR count). The molecule has 2 heterocycles. The first-order chi connectivity index (χ1) is 12.9. The molecule has 1 amide bonds. The summed E-state index contributed by atoms with van der Waals surface area (Å²) in [5, 5.41) is 11.4. The van der Waals surface area contributed by atoms with Crippen LogP contribution in [0.4, 0.5) is 5.69 Å². The maximum Gasteiger partial charge on any atom is 0.338 e. The standard InChI is InChI=1S/C18H19N3O5S/c1-4-13-16(22)20-15(11-7-6-8-12(9-11)21(24)25)14(17(23)26-5-2)10(3)19-18(20)27-13/h6-9,13,15H,4-5H2,1-3H3. The number of hydrogen-bond acceptors (Lipinski definition) is 7. The number of fused-ring (bicyclic) bond motifs is 1. The van der Waals surface area contributed by atoms with Gasteiger partial charge in [-0.2, -0.15) is 0 Å². The summed E-state index contributed by atoms with van der Waals surface area (Å²) in [5.74, 6) is -0.737. The number of nitrogens with zero attached hydrogens (tertiary/aromatic N) is 3. The zero-order valence-electron chi connectivity index (χ0n) is 15.2. The van der Waals surface area contributed by atoms with Gasteiger partial charge < -0.3 is 4.74 Å². The Labute approximate surface area is 160 Å². The fraction of sp³-hybridized carbons (Fsp3) is 0.389. The predicted octanol–water partition coefficient (Wildman–Crippen LogP) is 3.20. The number of esters is 1. The average molecular weight is 389 g/mol. The van der Waals surface area contributed by atoms with Crippen molar-refractivity contribution in [1.82, 2.24) is 4.90 Å². The van der Waals surface area contributed by atoms with Crippen LogP contribution in [-0.2, 0) is 14.3 Å². The fourth-order valence-corrected chi connectivity index (χ4v) is 4.32. The van der Waals surface area contributed by atoms with Gasteiger partial charge in [0.2, 0.25) is 5.91 Å². The van der Waals surface area contributed by atoms with Gasteiger partial charge >= 0.3 is 5.97 Å². The minimum atomic E-state index is -0.798. The minimum Gasteiger partial charge on any atom is -0.463 e. The van der Waals surface area contributed by atoms with Crippen LogP contribution in [0.15, 0.2) is 40.5 Å². The third kappa shape index (κ3) is 3.34. The number of allylic oxidation sites excluding steroid dienone is 1. The number of carbonyl (C=O) groups is 2. The molecule has 0 bridgehead atoms. The molecule has 27 heavy (non-hydrogen) atoms. The Morgan fingerprint density at radius 1 is 1.41 bits per heavy atom. The van der Waals surface area contributed by atoms with Gasteiger partial charge in [0.05, 0.1) is 34.1 Å². The molecule has 0 aliphatic carbocycles. The third-order valence-corrected chi connectivity index (χ3v) is 5.73. The summed E-state index contributed by atoms with van der Waals surface area (Å²) in [5.41, 5.74) is 1.05. The first-order valence-electron chi connectivity index (χ1n) is 8.59.